The van der Waals surface area contributed by atoms with Crippen molar-refractivity contribution in [1.82, 2.24) is 4.90 Å². The number of hydrogen-bond donors (Lipinski definition) is 2. The van der Waals surface area contributed by atoms with Crippen molar-refractivity contribution in [2.24, 2.45) is 0 Å². The van der Waals surface area contributed by atoms with E-state index in [2.05, 4.69) is 5.32 Å². The zero-order valence-corrected chi connectivity index (χ0v) is 12.0. The lowest BCUT2D eigenvalue weighted by atomic mass is 10.1. The van der Waals surface area contributed by atoms with Gasteiger partial charge in [-0.25, -0.2) is 9.59 Å². The van der Waals surface area contributed by atoms with Crippen LogP contribution in [0, 0.1) is 0 Å². The molecule has 1 aromatic carbocycles. The van der Waals surface area contributed by atoms with Crippen LogP contribution in [0.15, 0.2) is 18.2 Å². The van der Waals surface area contributed by atoms with Crippen LogP contribution in [0.4, 0.5) is 10.5 Å². The molecule has 0 aliphatic rings. The fourth-order valence-corrected chi connectivity index (χ4v) is 1.64. The molecule has 0 saturated heterocycles. The quantitative estimate of drug-likeness (QED) is 0.839. The van der Waals surface area contributed by atoms with Crippen LogP contribution in [-0.4, -0.2) is 42.7 Å². The minimum absolute atomic E-state index is 0.00147. The zero-order chi connectivity index (χ0) is 15.1. The number of amides is 2. The van der Waals surface area contributed by atoms with Crippen molar-refractivity contribution in [2.45, 2.75) is 19.8 Å². The molecule has 0 unspecified atom stereocenters. The predicted molar refractivity (Wildman–Crippen MR) is 76.5 cm³/mol. The topological polar surface area (TPSA) is 78.9 Å². The summed E-state index contributed by atoms with van der Waals surface area (Å²) < 4.78 is 4.98. The SMILES string of the molecule is CCCCN(C)C(=O)Nc1ccc(OC)cc1C(=O)O. The van der Waals surface area contributed by atoms with Crippen LogP contribution in [0.25, 0.3) is 0 Å². The third-order valence-electron chi connectivity index (χ3n) is 2.89. The highest BCUT2D eigenvalue weighted by Gasteiger charge is 2.15. The molecule has 6 heteroatoms. The number of carboxylic acids is 1. The number of benzene rings is 1. The van der Waals surface area contributed by atoms with Crippen molar-refractivity contribution < 1.29 is 19.4 Å². The molecule has 0 fully saturated rings. The van der Waals surface area contributed by atoms with Gasteiger partial charge in [0.05, 0.1) is 18.4 Å². The Morgan fingerprint density at radius 2 is 2.10 bits per heavy atom. The van der Waals surface area contributed by atoms with Gasteiger partial charge in [0.25, 0.3) is 0 Å². The van der Waals surface area contributed by atoms with Crippen molar-refractivity contribution in [3.8, 4) is 5.75 Å². The van der Waals surface area contributed by atoms with Crippen molar-refractivity contribution in [1.29, 1.82) is 0 Å². The minimum atomic E-state index is -1.12. The molecule has 20 heavy (non-hydrogen) atoms. The average molecular weight is 280 g/mol. The second kappa shape index (κ2) is 7.37. The van der Waals surface area contributed by atoms with Gasteiger partial charge in [0, 0.05) is 13.6 Å². The van der Waals surface area contributed by atoms with Crippen molar-refractivity contribution in [3.05, 3.63) is 23.8 Å². The first-order valence-corrected chi connectivity index (χ1v) is 6.43. The fourth-order valence-electron chi connectivity index (χ4n) is 1.64. The second-order valence-corrected chi connectivity index (χ2v) is 4.42. The summed E-state index contributed by atoms with van der Waals surface area (Å²) in [6, 6.07) is 4.18. The number of rotatable bonds is 6. The Balaban J connectivity index is 2.86. The van der Waals surface area contributed by atoms with E-state index in [-0.39, 0.29) is 17.3 Å². The molecule has 0 saturated carbocycles. The maximum absolute atomic E-state index is 11.9. The summed E-state index contributed by atoms with van der Waals surface area (Å²) in [4.78, 5) is 24.7. The largest absolute Gasteiger partial charge is 0.497 e. The van der Waals surface area contributed by atoms with Gasteiger partial charge in [0.15, 0.2) is 0 Å². The summed E-state index contributed by atoms with van der Waals surface area (Å²) in [5.41, 5.74) is 0.258. The van der Waals surface area contributed by atoms with Crippen LogP contribution in [0.3, 0.4) is 0 Å². The minimum Gasteiger partial charge on any atom is -0.497 e. The molecule has 2 amide bonds. The van der Waals surface area contributed by atoms with E-state index < -0.39 is 5.97 Å². The first-order chi connectivity index (χ1) is 9.49. The van der Waals surface area contributed by atoms with Gasteiger partial charge < -0.3 is 20.1 Å². The number of nitrogens with one attached hydrogen (secondary N) is 1. The number of carbonyl (C=O) groups excluding carboxylic acids is 1. The van der Waals surface area contributed by atoms with Crippen molar-refractivity contribution in [3.63, 3.8) is 0 Å². The van der Waals surface area contributed by atoms with E-state index >= 15 is 0 Å². The van der Waals surface area contributed by atoms with E-state index in [0.717, 1.165) is 12.8 Å². The molecule has 0 atom stereocenters. The molecular formula is C14H20N2O4. The summed E-state index contributed by atoms with van der Waals surface area (Å²) in [5.74, 6) is -0.685. The molecule has 0 aliphatic carbocycles. The Bertz CT molecular complexity index is 488. The van der Waals surface area contributed by atoms with Gasteiger partial charge in [0.1, 0.15) is 5.75 Å². The Morgan fingerprint density at radius 1 is 1.40 bits per heavy atom. The lowest BCUT2D eigenvalue weighted by Gasteiger charge is -2.18. The number of carboxylic acid groups (broad SMARTS) is 1. The van der Waals surface area contributed by atoms with E-state index in [0.29, 0.717) is 12.3 Å². The molecule has 1 rings (SSSR count). The van der Waals surface area contributed by atoms with E-state index in [1.165, 1.54) is 24.1 Å². The Labute approximate surface area is 118 Å². The summed E-state index contributed by atoms with van der Waals surface area (Å²) >= 11 is 0. The maximum Gasteiger partial charge on any atom is 0.337 e. The van der Waals surface area contributed by atoms with Crippen LogP contribution < -0.4 is 10.1 Å². The molecule has 0 bridgehead atoms. The monoisotopic (exact) mass is 280 g/mol. The number of hydrogen-bond acceptors (Lipinski definition) is 3. The number of ether oxygens (including phenoxy) is 1. The number of nitrogens with zero attached hydrogens (tertiary/aromatic N) is 1. The van der Waals surface area contributed by atoms with E-state index in [4.69, 9.17) is 9.84 Å². The average Bonchev–Trinajstić information content (AvgIpc) is 2.44. The standard InChI is InChI=1S/C14H20N2O4/c1-4-5-8-16(2)14(19)15-12-7-6-10(20-3)9-11(12)13(17)18/h6-7,9H,4-5,8H2,1-3H3,(H,15,19)(H,17,18). The summed E-state index contributed by atoms with van der Waals surface area (Å²) in [7, 11) is 3.13. The first kappa shape index (κ1) is 15.8. The smallest absolute Gasteiger partial charge is 0.337 e. The highest BCUT2D eigenvalue weighted by atomic mass is 16.5. The first-order valence-electron chi connectivity index (χ1n) is 6.43. The van der Waals surface area contributed by atoms with Crippen LogP contribution in [-0.2, 0) is 0 Å². The van der Waals surface area contributed by atoms with E-state index in [9.17, 15) is 9.59 Å². The molecule has 0 heterocycles. The van der Waals surface area contributed by atoms with Gasteiger partial charge in [0.2, 0.25) is 0 Å². The molecule has 110 valence electrons. The summed E-state index contributed by atoms with van der Waals surface area (Å²) in [5, 5.41) is 11.8. The van der Waals surface area contributed by atoms with Gasteiger partial charge in [-0.3, -0.25) is 0 Å². The number of urea groups is 1. The molecule has 0 aliphatic heterocycles. The summed E-state index contributed by atoms with van der Waals surface area (Å²) in [6.07, 6.45) is 1.89. The fraction of sp³-hybridized carbons (Fsp3) is 0.429. The molecule has 0 aromatic heterocycles. The molecule has 2 N–H and O–H groups in total. The number of unbranched alkanes of at least 4 members (excludes halogenated alkanes) is 1. The maximum atomic E-state index is 11.9. The Morgan fingerprint density at radius 3 is 2.65 bits per heavy atom. The normalized spacial score (nSPS) is 9.95. The Kier molecular flexibility index (Phi) is 5.83. The Hall–Kier alpha value is -2.24. The highest BCUT2D eigenvalue weighted by Crippen LogP contribution is 2.22. The zero-order valence-electron chi connectivity index (χ0n) is 12.0. The van der Waals surface area contributed by atoms with Gasteiger partial charge in [-0.05, 0) is 24.6 Å². The second-order valence-electron chi connectivity index (χ2n) is 4.42. The van der Waals surface area contributed by atoms with Crippen molar-refractivity contribution >= 4 is 17.7 Å². The number of anilines is 1. The van der Waals surface area contributed by atoms with Crippen LogP contribution in [0.1, 0.15) is 30.1 Å². The van der Waals surface area contributed by atoms with Crippen LogP contribution in [0.2, 0.25) is 0 Å². The van der Waals surface area contributed by atoms with Crippen molar-refractivity contribution in [2.75, 3.05) is 26.0 Å². The number of methoxy groups -OCH3 is 1. The lowest BCUT2D eigenvalue weighted by molar-refractivity contribution is 0.0697. The van der Waals surface area contributed by atoms with E-state index in [1.54, 1.807) is 13.1 Å². The third-order valence-corrected chi connectivity index (χ3v) is 2.89. The number of carbonyl (C=O) groups is 2. The van der Waals surface area contributed by atoms with Gasteiger partial charge in [-0.15, -0.1) is 0 Å². The van der Waals surface area contributed by atoms with Gasteiger partial charge in [-0.1, -0.05) is 13.3 Å². The molecule has 0 spiro atoms. The number of aromatic carboxylic acids is 1. The third kappa shape index (κ3) is 4.15. The molecular weight excluding hydrogens is 260 g/mol. The molecule has 6 nitrogen and oxygen atoms in total. The highest BCUT2D eigenvalue weighted by molar-refractivity contribution is 6.00. The van der Waals surface area contributed by atoms with Gasteiger partial charge in [-0.2, -0.15) is 0 Å². The lowest BCUT2D eigenvalue weighted by Crippen LogP contribution is -2.32. The van der Waals surface area contributed by atoms with Crippen LogP contribution >= 0.6 is 0 Å². The molecule has 1 aromatic rings. The van der Waals surface area contributed by atoms with Gasteiger partial charge >= 0.3 is 12.0 Å². The predicted octanol–water partition coefficient (Wildman–Crippen LogP) is 2.66. The van der Waals surface area contributed by atoms with Crippen LogP contribution in [0.5, 0.6) is 5.75 Å². The van der Waals surface area contributed by atoms with E-state index in [1.807, 2.05) is 6.92 Å². The molecule has 0 radical (unpaired) electrons. The summed E-state index contributed by atoms with van der Waals surface area (Å²) in [6.45, 7) is 2.67.